The molecule has 28 heavy (non-hydrogen) atoms. The predicted molar refractivity (Wildman–Crippen MR) is 101 cm³/mol. The van der Waals surface area contributed by atoms with Gasteiger partial charge in [0.25, 0.3) is 0 Å². The molecule has 4 rings (SSSR count). The maximum atomic E-state index is 12.8. The van der Waals surface area contributed by atoms with Crippen LogP contribution < -0.4 is 9.47 Å². The van der Waals surface area contributed by atoms with Gasteiger partial charge >= 0.3 is 0 Å². The third-order valence-corrected chi connectivity index (χ3v) is 7.31. The van der Waals surface area contributed by atoms with E-state index in [0.29, 0.717) is 44.2 Å². The van der Waals surface area contributed by atoms with E-state index in [9.17, 15) is 18.0 Å². The Balaban J connectivity index is 1.38. The second-order valence-corrected chi connectivity index (χ2v) is 9.91. The van der Waals surface area contributed by atoms with Crippen LogP contribution in [0.2, 0.25) is 0 Å². The average Bonchev–Trinajstić information content (AvgIpc) is 3.22. The third-order valence-electron chi connectivity index (χ3n) is 5.56. The molecule has 152 valence electrons. The maximum absolute atomic E-state index is 12.8. The van der Waals surface area contributed by atoms with Crippen molar-refractivity contribution in [2.45, 2.75) is 25.4 Å². The number of likely N-dealkylation sites (tertiary alicyclic amines) is 1. The highest BCUT2D eigenvalue weighted by Gasteiger charge is 2.42. The number of rotatable bonds is 4. The molecule has 2 saturated heterocycles. The monoisotopic (exact) mass is 408 g/mol. The van der Waals surface area contributed by atoms with Crippen LogP contribution in [-0.4, -0.2) is 74.4 Å². The Labute approximate surface area is 164 Å². The smallest absolute Gasteiger partial charge is 0.228 e. The molecule has 0 spiro atoms. The van der Waals surface area contributed by atoms with Crippen LogP contribution in [0.4, 0.5) is 0 Å². The van der Waals surface area contributed by atoms with E-state index < -0.39 is 15.8 Å². The highest BCUT2D eigenvalue weighted by atomic mass is 32.2. The van der Waals surface area contributed by atoms with Crippen LogP contribution in [0.3, 0.4) is 0 Å². The van der Waals surface area contributed by atoms with Crippen LogP contribution in [-0.2, 0) is 26.0 Å². The van der Waals surface area contributed by atoms with Gasteiger partial charge in [0.1, 0.15) is 13.2 Å². The van der Waals surface area contributed by atoms with E-state index in [0.717, 1.165) is 5.56 Å². The summed E-state index contributed by atoms with van der Waals surface area (Å²) in [6, 6.07) is 5.31. The number of hydrogen-bond donors (Lipinski definition) is 0. The summed E-state index contributed by atoms with van der Waals surface area (Å²) in [5.74, 6) is 0.830. The third kappa shape index (κ3) is 3.80. The van der Waals surface area contributed by atoms with Crippen LogP contribution in [0, 0.1) is 5.92 Å². The van der Waals surface area contributed by atoms with Gasteiger partial charge in [-0.2, -0.15) is 0 Å². The van der Waals surface area contributed by atoms with Gasteiger partial charge in [0.2, 0.25) is 11.8 Å². The summed E-state index contributed by atoms with van der Waals surface area (Å²) in [5.41, 5.74) is 0.920. The number of amides is 2. The Morgan fingerprint density at radius 3 is 2.71 bits per heavy atom. The number of benzene rings is 1. The molecule has 0 bridgehead atoms. The zero-order valence-electron chi connectivity index (χ0n) is 15.8. The number of ether oxygens (including phenoxy) is 2. The maximum Gasteiger partial charge on any atom is 0.228 e. The Morgan fingerprint density at radius 1 is 1.25 bits per heavy atom. The molecule has 2 fully saturated rings. The van der Waals surface area contributed by atoms with Crippen LogP contribution in [0.5, 0.6) is 11.5 Å². The lowest BCUT2D eigenvalue weighted by atomic mass is 10.1. The fraction of sp³-hybridized carbons (Fsp3) is 0.579. The molecule has 3 aliphatic rings. The minimum atomic E-state index is -3.07. The van der Waals surface area contributed by atoms with E-state index >= 15 is 0 Å². The Bertz CT molecular complexity index is 900. The first-order valence-electron chi connectivity index (χ1n) is 9.46. The lowest BCUT2D eigenvalue weighted by Crippen LogP contribution is -2.39. The number of carbonyl (C=O) groups is 2. The minimum absolute atomic E-state index is 0.00663. The highest BCUT2D eigenvalue weighted by Crippen LogP contribution is 2.32. The number of fused-ring (bicyclic) bond motifs is 1. The van der Waals surface area contributed by atoms with Crippen molar-refractivity contribution in [1.29, 1.82) is 0 Å². The molecule has 8 nitrogen and oxygen atoms in total. The van der Waals surface area contributed by atoms with Crippen molar-refractivity contribution >= 4 is 21.7 Å². The molecule has 1 aromatic carbocycles. The Kier molecular flexibility index (Phi) is 4.95. The molecular weight excluding hydrogens is 384 g/mol. The molecule has 2 amide bonds. The van der Waals surface area contributed by atoms with Gasteiger partial charge in [-0.25, -0.2) is 8.42 Å². The second-order valence-electron chi connectivity index (χ2n) is 7.68. The summed E-state index contributed by atoms with van der Waals surface area (Å²) < 4.78 is 34.5. The summed E-state index contributed by atoms with van der Waals surface area (Å²) >= 11 is 0. The van der Waals surface area contributed by atoms with E-state index in [2.05, 4.69) is 0 Å². The van der Waals surface area contributed by atoms with E-state index in [1.807, 2.05) is 18.2 Å². The van der Waals surface area contributed by atoms with E-state index in [1.54, 1.807) is 16.8 Å². The molecule has 9 heteroatoms. The first-order valence-corrected chi connectivity index (χ1v) is 11.3. The largest absolute Gasteiger partial charge is 0.486 e. The number of sulfone groups is 1. The number of nitrogens with zero attached hydrogens (tertiary/aromatic N) is 2. The zero-order chi connectivity index (χ0) is 19.9. The summed E-state index contributed by atoms with van der Waals surface area (Å²) in [7, 11) is -1.36. The SMILES string of the molecule is CN(Cc1ccc2c(c1)OCCO2)C(=O)[C@H]1CC(=O)N([C@H]2CCS(=O)(=O)C2)C1. The zero-order valence-corrected chi connectivity index (χ0v) is 16.6. The fourth-order valence-electron chi connectivity index (χ4n) is 4.12. The summed E-state index contributed by atoms with van der Waals surface area (Å²) in [6.45, 7) is 1.72. The fourth-order valence-corrected chi connectivity index (χ4v) is 5.85. The molecule has 3 aliphatic heterocycles. The topological polar surface area (TPSA) is 93.2 Å². The first-order chi connectivity index (χ1) is 13.3. The van der Waals surface area contributed by atoms with Gasteiger partial charge in [0, 0.05) is 32.6 Å². The predicted octanol–water partition coefficient (Wildman–Crippen LogP) is 0.452. The molecule has 0 unspecified atom stereocenters. The summed E-state index contributed by atoms with van der Waals surface area (Å²) in [6.07, 6.45) is 0.600. The molecule has 2 atom stereocenters. The van der Waals surface area contributed by atoms with Crippen LogP contribution in [0.25, 0.3) is 0 Å². The number of hydrogen-bond acceptors (Lipinski definition) is 6. The van der Waals surface area contributed by atoms with Crippen LogP contribution >= 0.6 is 0 Å². The standard InChI is InChI=1S/C19H24N2O6S/c1-20(10-13-2-3-16-17(8-13)27-6-5-26-16)19(23)14-9-18(22)21(11-14)15-4-7-28(24,25)12-15/h2-3,8,14-15H,4-7,9-12H2,1H3/t14-,15-/m0/s1. The van der Waals surface area contributed by atoms with Gasteiger partial charge in [-0.3, -0.25) is 9.59 Å². The van der Waals surface area contributed by atoms with Crippen molar-refractivity contribution in [2.24, 2.45) is 5.92 Å². The van der Waals surface area contributed by atoms with Crippen molar-refractivity contribution in [3.63, 3.8) is 0 Å². The van der Waals surface area contributed by atoms with E-state index in [-0.39, 0.29) is 35.8 Å². The molecule has 0 N–H and O–H groups in total. The molecule has 1 aromatic rings. The van der Waals surface area contributed by atoms with Crippen molar-refractivity contribution < 1.29 is 27.5 Å². The molecule has 0 saturated carbocycles. The van der Waals surface area contributed by atoms with Crippen molar-refractivity contribution in [1.82, 2.24) is 9.80 Å². The van der Waals surface area contributed by atoms with Gasteiger partial charge in [-0.05, 0) is 24.1 Å². The van der Waals surface area contributed by atoms with Crippen molar-refractivity contribution in [3.8, 4) is 11.5 Å². The lowest BCUT2D eigenvalue weighted by Gasteiger charge is -2.25. The van der Waals surface area contributed by atoms with Crippen LogP contribution in [0.15, 0.2) is 18.2 Å². The van der Waals surface area contributed by atoms with E-state index in [1.165, 1.54) is 0 Å². The normalized spacial score (nSPS) is 25.8. The highest BCUT2D eigenvalue weighted by molar-refractivity contribution is 7.91. The van der Waals surface area contributed by atoms with Crippen LogP contribution in [0.1, 0.15) is 18.4 Å². The second kappa shape index (κ2) is 7.27. The Morgan fingerprint density at radius 2 is 2.00 bits per heavy atom. The van der Waals surface area contributed by atoms with Gasteiger partial charge in [-0.15, -0.1) is 0 Å². The van der Waals surface area contributed by atoms with E-state index in [4.69, 9.17) is 9.47 Å². The summed E-state index contributed by atoms with van der Waals surface area (Å²) in [5, 5.41) is 0. The minimum Gasteiger partial charge on any atom is -0.486 e. The molecule has 3 heterocycles. The molecule has 0 aromatic heterocycles. The van der Waals surface area contributed by atoms with Crippen molar-refractivity contribution in [3.05, 3.63) is 23.8 Å². The molecular formula is C19H24N2O6S. The first kappa shape index (κ1) is 19.0. The Hall–Kier alpha value is -2.29. The van der Waals surface area contributed by atoms with Crippen molar-refractivity contribution in [2.75, 3.05) is 38.3 Å². The van der Waals surface area contributed by atoms with Gasteiger partial charge in [-0.1, -0.05) is 6.07 Å². The summed E-state index contributed by atoms with van der Waals surface area (Å²) in [4.78, 5) is 28.4. The van der Waals surface area contributed by atoms with Gasteiger partial charge < -0.3 is 19.3 Å². The molecule has 0 aliphatic carbocycles. The van der Waals surface area contributed by atoms with Gasteiger partial charge in [0.05, 0.1) is 17.4 Å². The quantitative estimate of drug-likeness (QED) is 0.718. The average molecular weight is 408 g/mol. The molecule has 0 radical (unpaired) electrons. The number of carbonyl (C=O) groups excluding carboxylic acids is 2. The van der Waals surface area contributed by atoms with Gasteiger partial charge in [0.15, 0.2) is 21.3 Å². The lowest BCUT2D eigenvalue weighted by molar-refractivity contribution is -0.135.